The summed E-state index contributed by atoms with van der Waals surface area (Å²) in [6.45, 7) is 0.214. The van der Waals surface area contributed by atoms with E-state index in [0.717, 1.165) is 12.8 Å². The highest BCUT2D eigenvalue weighted by Gasteiger charge is 2.30. The largest absolute Gasteiger partial charge is 0.488 e. The van der Waals surface area contributed by atoms with Crippen molar-refractivity contribution in [3.8, 4) is 5.75 Å². The summed E-state index contributed by atoms with van der Waals surface area (Å²) >= 11 is 17.6. The first-order valence-electron chi connectivity index (χ1n) is 5.03. The van der Waals surface area contributed by atoms with E-state index < -0.39 is 6.10 Å². The van der Waals surface area contributed by atoms with Crippen LogP contribution in [0.2, 0.25) is 15.1 Å². The van der Waals surface area contributed by atoms with Crippen LogP contribution < -0.4 is 4.74 Å². The molecule has 2 rings (SSSR count). The van der Waals surface area contributed by atoms with Crippen LogP contribution in [-0.4, -0.2) is 17.8 Å². The van der Waals surface area contributed by atoms with E-state index in [0.29, 0.717) is 26.7 Å². The zero-order valence-corrected chi connectivity index (χ0v) is 10.7. The van der Waals surface area contributed by atoms with Crippen molar-refractivity contribution >= 4 is 34.8 Å². The minimum atomic E-state index is -0.442. The summed E-state index contributed by atoms with van der Waals surface area (Å²) in [6.07, 6.45) is 1.68. The summed E-state index contributed by atoms with van der Waals surface area (Å²) in [5, 5.41) is 10.8. The summed E-state index contributed by atoms with van der Waals surface area (Å²) in [6, 6.07) is 3.13. The van der Waals surface area contributed by atoms with Gasteiger partial charge in [-0.25, -0.2) is 0 Å². The molecule has 0 aromatic heterocycles. The first-order valence-corrected chi connectivity index (χ1v) is 6.16. The van der Waals surface area contributed by atoms with E-state index in [1.165, 1.54) is 0 Å². The van der Waals surface area contributed by atoms with Crippen molar-refractivity contribution < 1.29 is 9.84 Å². The Morgan fingerprint density at radius 3 is 2.31 bits per heavy atom. The van der Waals surface area contributed by atoms with Crippen LogP contribution in [0.1, 0.15) is 12.8 Å². The predicted octanol–water partition coefficient (Wildman–Crippen LogP) is 3.80. The van der Waals surface area contributed by atoms with Crippen LogP contribution in [0.25, 0.3) is 0 Å². The van der Waals surface area contributed by atoms with E-state index in [-0.39, 0.29) is 6.61 Å². The molecule has 2 nitrogen and oxygen atoms in total. The van der Waals surface area contributed by atoms with Gasteiger partial charge in [-0.2, -0.15) is 0 Å². The van der Waals surface area contributed by atoms with E-state index in [2.05, 4.69) is 0 Å². The van der Waals surface area contributed by atoms with Crippen LogP contribution in [0.15, 0.2) is 12.1 Å². The second-order valence-corrected chi connectivity index (χ2v) is 5.17. The fourth-order valence-corrected chi connectivity index (χ4v) is 2.38. The van der Waals surface area contributed by atoms with E-state index in [9.17, 15) is 5.11 Å². The minimum absolute atomic E-state index is 0.214. The molecule has 0 aliphatic heterocycles. The maximum atomic E-state index is 9.65. The third-order valence-corrected chi connectivity index (χ3v) is 3.31. The van der Waals surface area contributed by atoms with Gasteiger partial charge in [0.15, 0.2) is 5.75 Å². The molecule has 1 unspecified atom stereocenters. The molecular weight excluding hydrogens is 270 g/mol. The number of benzene rings is 1. The second kappa shape index (κ2) is 5.01. The molecule has 0 bridgehead atoms. The molecule has 0 spiro atoms. The van der Waals surface area contributed by atoms with Gasteiger partial charge in [0, 0.05) is 5.02 Å². The quantitative estimate of drug-likeness (QED) is 0.910. The van der Waals surface area contributed by atoms with Gasteiger partial charge in [0.25, 0.3) is 0 Å². The number of hydrogen-bond acceptors (Lipinski definition) is 2. The first-order chi connectivity index (χ1) is 7.58. The summed E-state index contributed by atoms with van der Waals surface area (Å²) in [5.74, 6) is 0.747. The lowest BCUT2D eigenvalue weighted by Gasteiger charge is -2.13. The van der Waals surface area contributed by atoms with Gasteiger partial charge in [0.1, 0.15) is 6.61 Å². The fraction of sp³-hybridized carbons (Fsp3) is 0.455. The van der Waals surface area contributed by atoms with Crippen LogP contribution in [0.5, 0.6) is 5.75 Å². The van der Waals surface area contributed by atoms with E-state index in [1.807, 2.05) is 0 Å². The van der Waals surface area contributed by atoms with Crippen molar-refractivity contribution in [2.24, 2.45) is 5.92 Å². The third-order valence-electron chi connectivity index (χ3n) is 2.53. The van der Waals surface area contributed by atoms with Gasteiger partial charge in [0.05, 0.1) is 16.1 Å². The number of hydrogen-bond donors (Lipinski definition) is 1. The molecule has 1 N–H and O–H groups in total. The molecule has 0 amide bonds. The van der Waals surface area contributed by atoms with Gasteiger partial charge < -0.3 is 9.84 Å². The molecule has 88 valence electrons. The van der Waals surface area contributed by atoms with Gasteiger partial charge in [-0.1, -0.05) is 34.8 Å². The summed E-state index contributed by atoms with van der Waals surface area (Å²) in [5.41, 5.74) is 0. The number of aliphatic hydroxyl groups is 1. The molecule has 1 saturated carbocycles. The summed E-state index contributed by atoms with van der Waals surface area (Å²) in [4.78, 5) is 0. The molecule has 0 saturated heterocycles. The number of halogens is 3. The van der Waals surface area contributed by atoms with E-state index in [4.69, 9.17) is 39.5 Å². The smallest absolute Gasteiger partial charge is 0.156 e. The highest BCUT2D eigenvalue weighted by molar-refractivity contribution is 6.40. The monoisotopic (exact) mass is 280 g/mol. The summed E-state index contributed by atoms with van der Waals surface area (Å²) < 4.78 is 5.41. The number of rotatable bonds is 4. The Balaban J connectivity index is 2.02. The van der Waals surface area contributed by atoms with E-state index in [1.54, 1.807) is 12.1 Å². The minimum Gasteiger partial charge on any atom is -0.488 e. The Labute approximate surface area is 109 Å². The topological polar surface area (TPSA) is 29.5 Å². The van der Waals surface area contributed by atoms with E-state index >= 15 is 0 Å². The molecule has 1 aromatic rings. The van der Waals surface area contributed by atoms with Crippen LogP contribution in [0.3, 0.4) is 0 Å². The SMILES string of the molecule is OC(COc1c(Cl)cc(Cl)cc1Cl)C1CC1. The lowest BCUT2D eigenvalue weighted by Crippen LogP contribution is -2.19. The second-order valence-electron chi connectivity index (χ2n) is 3.91. The van der Waals surface area contributed by atoms with Gasteiger partial charge in [-0.05, 0) is 30.9 Å². The fourth-order valence-electron chi connectivity index (χ4n) is 1.45. The zero-order chi connectivity index (χ0) is 11.7. The van der Waals surface area contributed by atoms with Crippen LogP contribution in [0.4, 0.5) is 0 Å². The lowest BCUT2D eigenvalue weighted by molar-refractivity contribution is 0.0895. The average molecular weight is 282 g/mol. The maximum absolute atomic E-state index is 9.65. The maximum Gasteiger partial charge on any atom is 0.156 e. The normalized spacial score (nSPS) is 17.2. The molecule has 16 heavy (non-hydrogen) atoms. The van der Waals surface area contributed by atoms with Gasteiger partial charge in [-0.15, -0.1) is 0 Å². The van der Waals surface area contributed by atoms with Gasteiger partial charge >= 0.3 is 0 Å². The molecule has 1 aliphatic rings. The van der Waals surface area contributed by atoms with Crippen molar-refractivity contribution in [3.05, 3.63) is 27.2 Å². The molecule has 1 atom stereocenters. The Bertz CT molecular complexity index is 368. The summed E-state index contributed by atoms with van der Waals surface area (Å²) in [7, 11) is 0. The van der Waals surface area contributed by atoms with Crippen LogP contribution >= 0.6 is 34.8 Å². The number of ether oxygens (including phenoxy) is 1. The molecule has 5 heteroatoms. The molecular formula is C11H11Cl3O2. The lowest BCUT2D eigenvalue weighted by atomic mass is 10.2. The Morgan fingerprint density at radius 1 is 1.25 bits per heavy atom. The average Bonchev–Trinajstić information content (AvgIpc) is 2.98. The predicted molar refractivity (Wildman–Crippen MR) is 65.7 cm³/mol. The van der Waals surface area contributed by atoms with Crippen molar-refractivity contribution in [2.45, 2.75) is 18.9 Å². The molecule has 0 heterocycles. The van der Waals surface area contributed by atoms with Crippen LogP contribution in [0, 0.1) is 5.92 Å². The Morgan fingerprint density at radius 2 is 1.81 bits per heavy atom. The van der Waals surface area contributed by atoms with Crippen LogP contribution in [-0.2, 0) is 0 Å². The number of aliphatic hydroxyl groups excluding tert-OH is 1. The van der Waals surface area contributed by atoms with Crippen molar-refractivity contribution in [1.82, 2.24) is 0 Å². The Hall–Kier alpha value is -0.150. The molecule has 1 fully saturated rings. The van der Waals surface area contributed by atoms with Gasteiger partial charge in [0.2, 0.25) is 0 Å². The molecule has 0 radical (unpaired) electrons. The van der Waals surface area contributed by atoms with Crippen molar-refractivity contribution in [1.29, 1.82) is 0 Å². The molecule has 1 aromatic carbocycles. The molecule has 1 aliphatic carbocycles. The zero-order valence-electron chi connectivity index (χ0n) is 8.42. The highest BCUT2D eigenvalue weighted by Crippen LogP contribution is 2.37. The third kappa shape index (κ3) is 2.95. The standard InChI is InChI=1S/C11H11Cl3O2/c12-7-3-8(13)11(9(14)4-7)16-5-10(15)6-1-2-6/h3-4,6,10,15H,1-2,5H2. The first kappa shape index (κ1) is 12.3. The Kier molecular flexibility index (Phi) is 3.85. The van der Waals surface area contributed by atoms with Gasteiger partial charge in [-0.3, -0.25) is 0 Å². The van der Waals surface area contributed by atoms with Crippen molar-refractivity contribution in [3.63, 3.8) is 0 Å². The highest BCUT2D eigenvalue weighted by atomic mass is 35.5. The van der Waals surface area contributed by atoms with Crippen molar-refractivity contribution in [2.75, 3.05) is 6.61 Å².